The number of aliphatic imine (C=N–C) groups is 1. The summed E-state index contributed by atoms with van der Waals surface area (Å²) in [6.07, 6.45) is 6.81. The Balaban J connectivity index is 1.54. The van der Waals surface area contributed by atoms with Crippen molar-refractivity contribution in [2.24, 2.45) is 4.99 Å². The summed E-state index contributed by atoms with van der Waals surface area (Å²) in [5.74, 6) is 2.08. The highest BCUT2D eigenvalue weighted by Gasteiger charge is 2.31. The van der Waals surface area contributed by atoms with Gasteiger partial charge in [-0.25, -0.2) is 9.97 Å². The lowest BCUT2D eigenvalue weighted by atomic mass is 10.2. The Morgan fingerprint density at radius 1 is 1.45 bits per heavy atom. The van der Waals surface area contributed by atoms with Crippen LogP contribution in [0.2, 0.25) is 0 Å². The summed E-state index contributed by atoms with van der Waals surface area (Å²) in [7, 11) is 0. The quantitative estimate of drug-likeness (QED) is 0.487. The molecule has 2 fully saturated rings. The van der Waals surface area contributed by atoms with Crippen LogP contribution in [0.1, 0.15) is 33.1 Å². The lowest BCUT2D eigenvalue weighted by molar-refractivity contribution is -0.118. The first-order valence-corrected chi connectivity index (χ1v) is 11.0. The molecule has 0 radical (unpaired) electrons. The molecule has 0 aromatic carbocycles. The van der Waals surface area contributed by atoms with Crippen LogP contribution in [-0.2, 0) is 4.79 Å². The largest absolute Gasteiger partial charge is 0.473 e. The molecule has 2 saturated heterocycles. The minimum absolute atomic E-state index is 0.0374. The molecule has 3 heterocycles. The van der Waals surface area contributed by atoms with Gasteiger partial charge in [0, 0.05) is 62.7 Å². The van der Waals surface area contributed by atoms with Gasteiger partial charge in [0.25, 0.3) is 0 Å². The smallest absolute Gasteiger partial charge is 0.218 e. The number of amides is 1. The summed E-state index contributed by atoms with van der Waals surface area (Å²) in [6.45, 7) is 11.0. The molecule has 2 atom stereocenters. The first kappa shape index (κ1) is 21.6. The molecule has 29 heavy (non-hydrogen) atoms. The van der Waals surface area contributed by atoms with Gasteiger partial charge in [0.05, 0.1) is 5.88 Å². The van der Waals surface area contributed by atoms with Gasteiger partial charge in [-0.3, -0.25) is 14.7 Å². The fraction of sp³-hybridized carbons (Fsp3) is 0.600. The molecule has 8 nitrogen and oxygen atoms in total. The number of likely N-dealkylation sites (tertiary alicyclic amines) is 1. The van der Waals surface area contributed by atoms with E-state index in [0.29, 0.717) is 17.8 Å². The van der Waals surface area contributed by atoms with Crippen molar-refractivity contribution in [2.75, 3.05) is 37.0 Å². The zero-order chi connectivity index (χ0) is 20.6. The van der Waals surface area contributed by atoms with E-state index in [2.05, 4.69) is 43.7 Å². The molecular formula is C20H30N6O2S. The average molecular weight is 419 g/mol. The van der Waals surface area contributed by atoms with Crippen molar-refractivity contribution in [3.05, 3.63) is 23.5 Å². The zero-order valence-electron chi connectivity index (χ0n) is 17.2. The Bertz CT molecular complexity index is 737. The number of ether oxygens (including phenoxy) is 1. The first-order valence-electron chi connectivity index (χ1n) is 10.0. The van der Waals surface area contributed by atoms with E-state index in [1.165, 1.54) is 19.8 Å². The van der Waals surface area contributed by atoms with Gasteiger partial charge in [0.2, 0.25) is 11.8 Å². The number of nitrogens with one attached hydrogen (secondary N) is 1. The second kappa shape index (κ2) is 10.6. The molecule has 158 valence electrons. The number of thioether (sulfide) groups is 1. The van der Waals surface area contributed by atoms with E-state index in [0.717, 1.165) is 43.3 Å². The lowest BCUT2D eigenvalue weighted by Crippen LogP contribution is -2.30. The minimum atomic E-state index is -0.0374. The number of anilines is 1. The molecule has 0 bridgehead atoms. The second-order valence-corrected chi connectivity index (χ2v) is 8.56. The molecule has 9 heteroatoms. The predicted octanol–water partition coefficient (Wildman–Crippen LogP) is 2.29. The molecule has 1 aromatic rings. The zero-order valence-corrected chi connectivity index (χ0v) is 18.0. The van der Waals surface area contributed by atoms with Crippen LogP contribution in [0.15, 0.2) is 28.5 Å². The Kier molecular flexibility index (Phi) is 7.88. The first-order chi connectivity index (χ1) is 14.0. The van der Waals surface area contributed by atoms with Crippen LogP contribution in [0.25, 0.3) is 0 Å². The standard InChI is InChI=1S/C20H30N6O2S/c1-15-8-17(11-26(15)12-18(10-21-3)29-14-24-16(2)27)28-20-9-19(22-13-23-20)25-6-4-5-7-25/h9-10,13,15,17H,3-8,11-12,14H2,1-2H3,(H,24,27)/b18-10-. The fourth-order valence-electron chi connectivity index (χ4n) is 3.69. The lowest BCUT2D eigenvalue weighted by Gasteiger charge is -2.22. The van der Waals surface area contributed by atoms with E-state index >= 15 is 0 Å². The van der Waals surface area contributed by atoms with Gasteiger partial charge >= 0.3 is 0 Å². The summed E-state index contributed by atoms with van der Waals surface area (Å²) in [5.41, 5.74) is 0. The molecule has 1 N–H and O–H groups in total. The van der Waals surface area contributed by atoms with Gasteiger partial charge in [-0.05, 0) is 26.5 Å². The number of carbonyl (C=O) groups excluding carboxylic acids is 1. The molecular weight excluding hydrogens is 388 g/mol. The van der Waals surface area contributed by atoms with Gasteiger partial charge in [-0.1, -0.05) is 0 Å². The van der Waals surface area contributed by atoms with Crippen molar-refractivity contribution in [1.29, 1.82) is 0 Å². The van der Waals surface area contributed by atoms with Gasteiger partial charge in [0.15, 0.2) is 0 Å². The van der Waals surface area contributed by atoms with Crippen molar-refractivity contribution < 1.29 is 9.53 Å². The van der Waals surface area contributed by atoms with Gasteiger partial charge in [-0.15, -0.1) is 11.8 Å². The van der Waals surface area contributed by atoms with Crippen LogP contribution in [0, 0.1) is 0 Å². The highest BCUT2D eigenvalue weighted by atomic mass is 32.2. The Hall–Kier alpha value is -2.13. The fourth-order valence-corrected chi connectivity index (χ4v) is 4.56. The number of carbonyl (C=O) groups is 1. The summed E-state index contributed by atoms with van der Waals surface area (Å²) in [5, 5.41) is 2.80. The minimum Gasteiger partial charge on any atom is -0.473 e. The van der Waals surface area contributed by atoms with Crippen molar-refractivity contribution in [1.82, 2.24) is 20.2 Å². The number of rotatable bonds is 9. The van der Waals surface area contributed by atoms with Crippen LogP contribution in [0.3, 0.4) is 0 Å². The Morgan fingerprint density at radius 3 is 2.97 bits per heavy atom. The summed E-state index contributed by atoms with van der Waals surface area (Å²) >= 11 is 1.57. The van der Waals surface area contributed by atoms with Gasteiger partial charge < -0.3 is 15.0 Å². The molecule has 2 unspecified atom stereocenters. The number of hydrogen-bond donors (Lipinski definition) is 1. The summed E-state index contributed by atoms with van der Waals surface area (Å²) in [6, 6.07) is 2.34. The monoisotopic (exact) mass is 418 g/mol. The molecule has 2 aliphatic rings. The maximum atomic E-state index is 11.1. The second-order valence-electron chi connectivity index (χ2n) is 7.46. The third kappa shape index (κ3) is 6.43. The number of nitrogens with zero attached hydrogens (tertiary/aromatic N) is 5. The molecule has 0 saturated carbocycles. The van der Waals surface area contributed by atoms with Gasteiger partial charge in [-0.2, -0.15) is 0 Å². The van der Waals surface area contributed by atoms with Crippen LogP contribution in [-0.4, -0.2) is 71.7 Å². The molecule has 2 aliphatic heterocycles. The Morgan fingerprint density at radius 2 is 2.24 bits per heavy atom. The third-order valence-electron chi connectivity index (χ3n) is 5.18. The van der Waals surface area contributed by atoms with E-state index in [-0.39, 0.29) is 12.0 Å². The van der Waals surface area contributed by atoms with E-state index in [1.54, 1.807) is 24.3 Å². The summed E-state index contributed by atoms with van der Waals surface area (Å²) in [4.78, 5) is 29.4. The van der Waals surface area contributed by atoms with Crippen LogP contribution in [0.5, 0.6) is 5.88 Å². The number of aromatic nitrogens is 2. The predicted molar refractivity (Wildman–Crippen MR) is 117 cm³/mol. The molecule has 0 spiro atoms. The molecule has 1 amide bonds. The summed E-state index contributed by atoms with van der Waals surface area (Å²) < 4.78 is 6.19. The highest BCUT2D eigenvalue weighted by Crippen LogP contribution is 2.27. The number of hydrogen-bond acceptors (Lipinski definition) is 8. The highest BCUT2D eigenvalue weighted by molar-refractivity contribution is 8.03. The van der Waals surface area contributed by atoms with Crippen LogP contribution >= 0.6 is 11.8 Å². The van der Waals surface area contributed by atoms with Crippen molar-refractivity contribution in [2.45, 2.75) is 45.3 Å². The average Bonchev–Trinajstić information content (AvgIpc) is 3.32. The van der Waals surface area contributed by atoms with E-state index in [1.807, 2.05) is 6.07 Å². The van der Waals surface area contributed by atoms with E-state index in [9.17, 15) is 4.79 Å². The SMILES string of the molecule is C=N/C=C(/CN1CC(Oc2cc(N3CCCC3)ncn2)CC1C)SCNC(C)=O. The van der Waals surface area contributed by atoms with E-state index < -0.39 is 0 Å². The van der Waals surface area contributed by atoms with Crippen LogP contribution in [0.4, 0.5) is 5.82 Å². The van der Waals surface area contributed by atoms with Crippen molar-refractivity contribution in [3.63, 3.8) is 0 Å². The molecule has 0 aliphatic carbocycles. The van der Waals surface area contributed by atoms with Crippen molar-refractivity contribution >= 4 is 30.2 Å². The molecule has 1 aromatic heterocycles. The van der Waals surface area contributed by atoms with Gasteiger partial charge in [0.1, 0.15) is 18.2 Å². The topological polar surface area (TPSA) is 82.9 Å². The van der Waals surface area contributed by atoms with Crippen molar-refractivity contribution in [3.8, 4) is 5.88 Å². The normalized spacial score (nSPS) is 22.7. The molecule has 3 rings (SSSR count). The van der Waals surface area contributed by atoms with E-state index in [4.69, 9.17) is 4.74 Å². The maximum absolute atomic E-state index is 11.1. The Labute approximate surface area is 176 Å². The third-order valence-corrected chi connectivity index (χ3v) is 6.08. The maximum Gasteiger partial charge on any atom is 0.218 e. The van der Waals surface area contributed by atoms with Crippen LogP contribution < -0.4 is 15.0 Å².